The van der Waals surface area contributed by atoms with Crippen molar-refractivity contribution in [1.29, 1.82) is 0 Å². The maximum Gasteiger partial charge on any atom is 0.246 e. The van der Waals surface area contributed by atoms with Gasteiger partial charge in [-0.2, -0.15) is 0 Å². The van der Waals surface area contributed by atoms with Crippen molar-refractivity contribution in [3.63, 3.8) is 0 Å². The van der Waals surface area contributed by atoms with E-state index in [1.165, 1.54) is 0 Å². The molecule has 1 N–H and O–H groups in total. The van der Waals surface area contributed by atoms with Crippen LogP contribution in [0.2, 0.25) is 0 Å². The molecule has 1 rings (SSSR count). The topological polar surface area (TPSA) is 42.0 Å². The Labute approximate surface area is 90.2 Å². The van der Waals surface area contributed by atoms with Crippen LogP contribution in [-0.4, -0.2) is 17.4 Å². The summed E-state index contributed by atoms with van der Waals surface area (Å²) < 4.78 is 0. The van der Waals surface area contributed by atoms with Gasteiger partial charge in [-0.1, -0.05) is 19.6 Å². The van der Waals surface area contributed by atoms with E-state index in [1.54, 1.807) is 6.20 Å². The lowest BCUT2D eigenvalue weighted by Crippen LogP contribution is -2.26. The van der Waals surface area contributed by atoms with Crippen LogP contribution in [0.5, 0.6) is 0 Å². The predicted molar refractivity (Wildman–Crippen MR) is 60.4 cm³/mol. The summed E-state index contributed by atoms with van der Waals surface area (Å²) in [5.41, 5.74) is 1.61. The summed E-state index contributed by atoms with van der Waals surface area (Å²) in [6.45, 7) is 6.19. The van der Waals surface area contributed by atoms with E-state index in [-0.39, 0.29) is 5.91 Å². The molecule has 1 amide bonds. The van der Waals surface area contributed by atoms with Crippen molar-refractivity contribution in [2.45, 2.75) is 19.8 Å². The normalized spacial score (nSPS) is 9.67. The van der Waals surface area contributed by atoms with E-state index in [9.17, 15) is 4.79 Å². The number of rotatable bonds is 5. The second kappa shape index (κ2) is 5.96. The summed E-state index contributed by atoms with van der Waals surface area (Å²) >= 11 is 0. The Morgan fingerprint density at radius 1 is 1.53 bits per heavy atom. The molecule has 1 heterocycles. The van der Waals surface area contributed by atoms with Gasteiger partial charge in [0.1, 0.15) is 0 Å². The van der Waals surface area contributed by atoms with Gasteiger partial charge in [0.05, 0.1) is 0 Å². The first-order valence-electron chi connectivity index (χ1n) is 5.10. The molecule has 0 aliphatic carbocycles. The number of nitrogens with one attached hydrogen (secondary N) is 1. The zero-order valence-corrected chi connectivity index (χ0v) is 8.99. The van der Waals surface area contributed by atoms with Crippen molar-refractivity contribution in [2.24, 2.45) is 0 Å². The molecule has 0 bridgehead atoms. The molecule has 0 aromatic carbocycles. The molecule has 0 spiro atoms. The Morgan fingerprint density at radius 2 is 2.33 bits per heavy atom. The average Bonchev–Trinajstić information content (AvgIpc) is 2.29. The van der Waals surface area contributed by atoms with Crippen LogP contribution in [-0.2, 0) is 11.2 Å². The Balaban J connectivity index is 2.28. The molecule has 0 radical (unpaired) electrons. The monoisotopic (exact) mass is 204 g/mol. The van der Waals surface area contributed by atoms with Crippen molar-refractivity contribution < 1.29 is 4.79 Å². The summed E-state index contributed by atoms with van der Waals surface area (Å²) in [6.07, 6.45) is 3.20. The van der Waals surface area contributed by atoms with Crippen LogP contribution in [0.1, 0.15) is 19.0 Å². The van der Waals surface area contributed by atoms with Gasteiger partial charge in [-0.3, -0.25) is 9.78 Å². The average molecular weight is 204 g/mol. The number of hydrogen-bond donors (Lipinski definition) is 1. The van der Waals surface area contributed by atoms with E-state index >= 15 is 0 Å². The summed E-state index contributed by atoms with van der Waals surface area (Å²) in [4.78, 5) is 15.5. The molecule has 0 fully saturated rings. The van der Waals surface area contributed by atoms with Crippen molar-refractivity contribution in [3.8, 4) is 0 Å². The summed E-state index contributed by atoms with van der Waals surface area (Å²) in [5, 5.41) is 2.80. The molecule has 3 heteroatoms. The smallest absolute Gasteiger partial charge is 0.246 e. The molecule has 0 saturated carbocycles. The van der Waals surface area contributed by atoms with E-state index in [1.807, 2.05) is 25.1 Å². The van der Waals surface area contributed by atoms with Crippen molar-refractivity contribution in [2.75, 3.05) is 6.54 Å². The molecule has 3 nitrogen and oxygen atoms in total. The predicted octanol–water partition coefficient (Wildman–Crippen LogP) is 1.71. The van der Waals surface area contributed by atoms with Gasteiger partial charge >= 0.3 is 0 Å². The SMILES string of the molecule is C=C(CC)C(=O)NCCc1ccccn1. The van der Waals surface area contributed by atoms with E-state index in [0.29, 0.717) is 18.5 Å². The number of aromatic nitrogens is 1. The number of amides is 1. The highest BCUT2D eigenvalue weighted by Gasteiger charge is 2.03. The lowest BCUT2D eigenvalue weighted by atomic mass is 10.2. The number of nitrogens with zero attached hydrogens (tertiary/aromatic N) is 1. The van der Waals surface area contributed by atoms with E-state index in [2.05, 4.69) is 16.9 Å². The Morgan fingerprint density at radius 3 is 2.93 bits per heavy atom. The van der Waals surface area contributed by atoms with Gasteiger partial charge in [-0.25, -0.2) is 0 Å². The molecular weight excluding hydrogens is 188 g/mol. The second-order valence-electron chi connectivity index (χ2n) is 3.28. The van der Waals surface area contributed by atoms with Crippen molar-refractivity contribution >= 4 is 5.91 Å². The first-order valence-corrected chi connectivity index (χ1v) is 5.10. The molecule has 0 aliphatic heterocycles. The minimum atomic E-state index is -0.0616. The zero-order valence-electron chi connectivity index (χ0n) is 8.99. The van der Waals surface area contributed by atoms with Crippen LogP contribution in [0, 0.1) is 0 Å². The van der Waals surface area contributed by atoms with Crippen molar-refractivity contribution in [3.05, 3.63) is 42.2 Å². The van der Waals surface area contributed by atoms with Crippen LogP contribution >= 0.6 is 0 Å². The summed E-state index contributed by atoms with van der Waals surface area (Å²) in [6, 6.07) is 5.76. The van der Waals surface area contributed by atoms with Gasteiger partial charge in [0.2, 0.25) is 5.91 Å². The van der Waals surface area contributed by atoms with Gasteiger partial charge in [-0.05, 0) is 18.6 Å². The summed E-state index contributed by atoms with van der Waals surface area (Å²) in [7, 11) is 0. The zero-order chi connectivity index (χ0) is 11.1. The third-order valence-electron chi connectivity index (χ3n) is 2.14. The molecular formula is C12H16N2O. The largest absolute Gasteiger partial charge is 0.352 e. The van der Waals surface area contributed by atoms with E-state index in [4.69, 9.17) is 0 Å². The number of hydrogen-bond acceptors (Lipinski definition) is 2. The highest BCUT2D eigenvalue weighted by atomic mass is 16.1. The molecule has 1 aromatic rings. The molecule has 0 saturated heterocycles. The first kappa shape index (κ1) is 11.4. The standard InChI is InChI=1S/C12H16N2O/c1-3-10(2)12(15)14-9-7-11-6-4-5-8-13-11/h4-6,8H,2-3,7,9H2,1H3,(H,14,15). The highest BCUT2D eigenvalue weighted by Crippen LogP contribution is 1.96. The van der Waals surface area contributed by atoms with Crippen LogP contribution in [0.25, 0.3) is 0 Å². The van der Waals surface area contributed by atoms with E-state index in [0.717, 1.165) is 12.1 Å². The molecule has 80 valence electrons. The minimum absolute atomic E-state index is 0.0616. The quantitative estimate of drug-likeness (QED) is 0.742. The minimum Gasteiger partial charge on any atom is -0.352 e. The van der Waals surface area contributed by atoms with Gasteiger partial charge in [0, 0.05) is 30.4 Å². The number of carbonyl (C=O) groups is 1. The maximum absolute atomic E-state index is 11.3. The van der Waals surface area contributed by atoms with Crippen LogP contribution in [0.15, 0.2) is 36.5 Å². The third-order valence-corrected chi connectivity index (χ3v) is 2.14. The fourth-order valence-corrected chi connectivity index (χ4v) is 1.14. The van der Waals surface area contributed by atoms with Crippen LogP contribution in [0.4, 0.5) is 0 Å². The molecule has 0 atom stereocenters. The third kappa shape index (κ3) is 3.94. The highest BCUT2D eigenvalue weighted by molar-refractivity contribution is 5.92. The second-order valence-corrected chi connectivity index (χ2v) is 3.28. The molecule has 15 heavy (non-hydrogen) atoms. The van der Waals surface area contributed by atoms with E-state index < -0.39 is 0 Å². The Kier molecular flexibility index (Phi) is 4.54. The first-order chi connectivity index (χ1) is 7.24. The van der Waals surface area contributed by atoms with Gasteiger partial charge in [-0.15, -0.1) is 0 Å². The van der Waals surface area contributed by atoms with Crippen LogP contribution < -0.4 is 5.32 Å². The number of carbonyl (C=O) groups excluding carboxylic acids is 1. The number of pyridine rings is 1. The lowest BCUT2D eigenvalue weighted by molar-refractivity contribution is -0.117. The lowest BCUT2D eigenvalue weighted by Gasteiger charge is -2.05. The van der Waals surface area contributed by atoms with Crippen molar-refractivity contribution in [1.82, 2.24) is 10.3 Å². The Hall–Kier alpha value is -1.64. The molecule has 1 aromatic heterocycles. The van der Waals surface area contributed by atoms with Gasteiger partial charge in [0.15, 0.2) is 0 Å². The fourth-order valence-electron chi connectivity index (χ4n) is 1.14. The maximum atomic E-state index is 11.3. The molecule has 0 aliphatic rings. The molecule has 0 unspecified atom stereocenters. The van der Waals surface area contributed by atoms with Gasteiger partial charge in [0.25, 0.3) is 0 Å². The fraction of sp³-hybridized carbons (Fsp3) is 0.333. The Bertz CT molecular complexity index is 333. The van der Waals surface area contributed by atoms with Gasteiger partial charge < -0.3 is 5.32 Å². The van der Waals surface area contributed by atoms with Crippen LogP contribution in [0.3, 0.4) is 0 Å². The summed E-state index contributed by atoms with van der Waals surface area (Å²) in [5.74, 6) is -0.0616.